The number of aromatic hydroxyl groups is 1. The summed E-state index contributed by atoms with van der Waals surface area (Å²) < 4.78 is 4.68. The number of carbonyl (C=O) groups is 2. The minimum atomic E-state index is -0.231. The van der Waals surface area contributed by atoms with Gasteiger partial charge in [-0.15, -0.1) is 11.8 Å². The topological polar surface area (TPSA) is 63.6 Å². The lowest BCUT2D eigenvalue weighted by Gasteiger charge is -2.20. The summed E-state index contributed by atoms with van der Waals surface area (Å²) in [7, 11) is 1.39. The zero-order valence-corrected chi connectivity index (χ0v) is 17.7. The fourth-order valence-electron chi connectivity index (χ4n) is 3.98. The molecule has 0 aromatic heterocycles. The van der Waals surface area contributed by atoms with E-state index in [9.17, 15) is 14.7 Å². The number of benzene rings is 1. The van der Waals surface area contributed by atoms with E-state index in [0.29, 0.717) is 31.4 Å². The van der Waals surface area contributed by atoms with Gasteiger partial charge in [0, 0.05) is 18.8 Å². The molecular formula is C25H32O4. The first-order valence-electron chi connectivity index (χ1n) is 10.5. The number of esters is 1. The number of phenolic OH excluding ortho intramolecular Hbond substituents is 1. The Hall–Kier alpha value is -2.54. The van der Waals surface area contributed by atoms with Gasteiger partial charge in [-0.05, 0) is 61.6 Å². The number of para-hydroxylation sites is 1. The fourth-order valence-corrected chi connectivity index (χ4v) is 3.98. The van der Waals surface area contributed by atoms with Crippen LogP contribution in [0.15, 0.2) is 30.4 Å². The second-order valence-electron chi connectivity index (χ2n) is 7.78. The van der Waals surface area contributed by atoms with Crippen molar-refractivity contribution in [1.29, 1.82) is 0 Å². The molecular weight excluding hydrogens is 364 g/mol. The average molecular weight is 397 g/mol. The Morgan fingerprint density at radius 1 is 1.34 bits per heavy atom. The molecule has 0 radical (unpaired) electrons. The molecule has 1 aliphatic carbocycles. The fraction of sp³-hybridized carbons (Fsp3) is 0.520. The third-order valence-corrected chi connectivity index (χ3v) is 5.75. The smallest absolute Gasteiger partial charge is 0.305 e. The van der Waals surface area contributed by atoms with Crippen LogP contribution in [0.3, 0.4) is 0 Å². The summed E-state index contributed by atoms with van der Waals surface area (Å²) in [5.41, 5.74) is 1.81. The Kier molecular flexibility index (Phi) is 8.99. The maximum Gasteiger partial charge on any atom is 0.305 e. The lowest BCUT2D eigenvalue weighted by molar-refractivity contribution is -0.140. The SMILES string of the molecule is CC#CC[C@@H](C)C(=O)/C=C/C1CCC[C@@H]1c1cccc(CCCC(=O)OC)c1O. The molecule has 1 N–H and O–H groups in total. The molecule has 0 spiro atoms. The largest absolute Gasteiger partial charge is 0.507 e. The van der Waals surface area contributed by atoms with Gasteiger partial charge in [-0.2, -0.15) is 0 Å². The third-order valence-electron chi connectivity index (χ3n) is 5.75. The lowest BCUT2D eigenvalue weighted by Crippen LogP contribution is -2.09. The van der Waals surface area contributed by atoms with Gasteiger partial charge in [0.25, 0.3) is 0 Å². The number of rotatable bonds is 9. The van der Waals surface area contributed by atoms with Crippen LogP contribution in [0.2, 0.25) is 0 Å². The highest BCUT2D eigenvalue weighted by molar-refractivity contribution is 5.91. The molecule has 4 nitrogen and oxygen atoms in total. The van der Waals surface area contributed by atoms with E-state index in [1.165, 1.54) is 7.11 Å². The van der Waals surface area contributed by atoms with E-state index in [4.69, 9.17) is 0 Å². The molecule has 0 heterocycles. The van der Waals surface area contributed by atoms with Gasteiger partial charge in [0.05, 0.1) is 7.11 Å². The molecule has 29 heavy (non-hydrogen) atoms. The molecule has 1 aromatic rings. The molecule has 3 atom stereocenters. The number of hydrogen-bond acceptors (Lipinski definition) is 4. The van der Waals surface area contributed by atoms with Crippen molar-refractivity contribution >= 4 is 11.8 Å². The molecule has 4 heteroatoms. The summed E-state index contributed by atoms with van der Waals surface area (Å²) >= 11 is 0. The van der Waals surface area contributed by atoms with Gasteiger partial charge in [0.15, 0.2) is 5.78 Å². The maximum absolute atomic E-state index is 12.3. The number of hydrogen-bond donors (Lipinski definition) is 1. The molecule has 0 bridgehead atoms. The minimum Gasteiger partial charge on any atom is -0.507 e. The second-order valence-corrected chi connectivity index (χ2v) is 7.78. The van der Waals surface area contributed by atoms with Gasteiger partial charge >= 0.3 is 5.97 Å². The van der Waals surface area contributed by atoms with Crippen LogP contribution in [-0.2, 0) is 20.7 Å². The van der Waals surface area contributed by atoms with Crippen LogP contribution in [0, 0.1) is 23.7 Å². The van der Waals surface area contributed by atoms with Gasteiger partial charge in [-0.3, -0.25) is 9.59 Å². The lowest BCUT2D eigenvalue weighted by atomic mass is 9.86. The van der Waals surface area contributed by atoms with Crippen LogP contribution >= 0.6 is 0 Å². The number of ketones is 1. The van der Waals surface area contributed by atoms with Crippen LogP contribution < -0.4 is 0 Å². The van der Waals surface area contributed by atoms with Gasteiger partial charge in [0.1, 0.15) is 5.75 Å². The first kappa shape index (κ1) is 22.7. The second kappa shape index (κ2) is 11.5. The molecule has 1 aromatic carbocycles. The van der Waals surface area contributed by atoms with Crippen molar-refractivity contribution in [3.63, 3.8) is 0 Å². The van der Waals surface area contributed by atoms with Crippen LogP contribution in [0.1, 0.15) is 69.4 Å². The summed E-state index contributed by atoms with van der Waals surface area (Å²) in [5, 5.41) is 10.8. The number of methoxy groups -OCH3 is 1. The highest BCUT2D eigenvalue weighted by Crippen LogP contribution is 2.44. The molecule has 2 rings (SSSR count). The first-order valence-corrected chi connectivity index (χ1v) is 10.5. The predicted molar refractivity (Wildman–Crippen MR) is 115 cm³/mol. The Morgan fingerprint density at radius 2 is 2.14 bits per heavy atom. The van der Waals surface area contributed by atoms with E-state index in [-0.39, 0.29) is 29.5 Å². The number of phenols is 1. The standard InChI is InChI=1S/C25H32O4/c1-4-5-9-18(2)23(26)17-16-19-10-6-13-21(19)22-14-7-11-20(25(22)28)12-8-15-24(27)29-3/h7,11,14,16-19,21,28H,6,8-10,12-13,15H2,1-3H3/b17-16+/t18-,19?,21+/m1/s1. The molecule has 0 saturated heterocycles. The van der Waals surface area contributed by atoms with Gasteiger partial charge in [-0.1, -0.05) is 37.6 Å². The molecule has 1 fully saturated rings. The number of aryl methyl sites for hydroxylation is 1. The summed E-state index contributed by atoms with van der Waals surface area (Å²) in [6.45, 7) is 3.69. The van der Waals surface area contributed by atoms with Crippen LogP contribution in [-0.4, -0.2) is 24.0 Å². The normalized spacial score (nSPS) is 19.6. The van der Waals surface area contributed by atoms with E-state index in [0.717, 1.165) is 30.4 Å². The minimum absolute atomic E-state index is 0.0925. The van der Waals surface area contributed by atoms with E-state index in [2.05, 4.69) is 16.6 Å². The maximum atomic E-state index is 12.3. The van der Waals surface area contributed by atoms with Crippen LogP contribution in [0.25, 0.3) is 0 Å². The van der Waals surface area contributed by atoms with Crippen molar-refractivity contribution in [2.24, 2.45) is 11.8 Å². The molecule has 0 aliphatic heterocycles. The predicted octanol–water partition coefficient (Wildman–Crippen LogP) is 4.95. The van der Waals surface area contributed by atoms with Crippen molar-refractivity contribution in [3.05, 3.63) is 41.5 Å². The molecule has 1 aliphatic rings. The molecule has 1 unspecified atom stereocenters. The average Bonchev–Trinajstić information content (AvgIpc) is 3.19. The van der Waals surface area contributed by atoms with Crippen molar-refractivity contribution in [1.82, 2.24) is 0 Å². The number of allylic oxidation sites excluding steroid dienone is 2. The molecule has 156 valence electrons. The highest BCUT2D eigenvalue weighted by atomic mass is 16.5. The van der Waals surface area contributed by atoms with E-state index >= 15 is 0 Å². The van der Waals surface area contributed by atoms with Gasteiger partial charge in [0.2, 0.25) is 0 Å². The van der Waals surface area contributed by atoms with Gasteiger partial charge in [-0.25, -0.2) is 0 Å². The Bertz CT molecular complexity index is 797. The zero-order valence-electron chi connectivity index (χ0n) is 17.7. The van der Waals surface area contributed by atoms with Crippen molar-refractivity contribution in [3.8, 4) is 17.6 Å². The monoisotopic (exact) mass is 396 g/mol. The Balaban J connectivity index is 2.07. The summed E-state index contributed by atoms with van der Waals surface area (Å²) in [5.74, 6) is 6.38. The first-order chi connectivity index (χ1) is 14.0. The zero-order chi connectivity index (χ0) is 21.2. The van der Waals surface area contributed by atoms with E-state index in [1.54, 1.807) is 13.0 Å². The number of carbonyl (C=O) groups excluding carboxylic acids is 2. The van der Waals surface area contributed by atoms with Gasteiger partial charge < -0.3 is 9.84 Å². The van der Waals surface area contributed by atoms with E-state index in [1.807, 2.05) is 31.2 Å². The van der Waals surface area contributed by atoms with Crippen molar-refractivity contribution < 1.29 is 19.4 Å². The highest BCUT2D eigenvalue weighted by Gasteiger charge is 2.29. The molecule has 1 saturated carbocycles. The van der Waals surface area contributed by atoms with E-state index < -0.39 is 0 Å². The quantitative estimate of drug-likeness (QED) is 0.365. The summed E-state index contributed by atoms with van der Waals surface area (Å²) in [6, 6.07) is 5.87. The van der Waals surface area contributed by atoms with Crippen molar-refractivity contribution in [2.45, 2.75) is 64.7 Å². The van der Waals surface area contributed by atoms with Crippen molar-refractivity contribution in [2.75, 3.05) is 7.11 Å². The van der Waals surface area contributed by atoms with Crippen LogP contribution in [0.5, 0.6) is 5.75 Å². The Morgan fingerprint density at radius 3 is 2.86 bits per heavy atom. The Labute approximate surface area is 174 Å². The number of ether oxygens (including phenoxy) is 1. The van der Waals surface area contributed by atoms with Crippen LogP contribution in [0.4, 0.5) is 0 Å². The third kappa shape index (κ3) is 6.49. The summed E-state index contributed by atoms with van der Waals surface area (Å²) in [4.78, 5) is 23.6. The summed E-state index contributed by atoms with van der Waals surface area (Å²) in [6.07, 6.45) is 9.04. The molecule has 0 amide bonds.